The third kappa shape index (κ3) is 5.40. The van der Waals surface area contributed by atoms with E-state index in [2.05, 4.69) is 10.6 Å². The lowest BCUT2D eigenvalue weighted by Gasteiger charge is -2.45. The van der Waals surface area contributed by atoms with Crippen molar-refractivity contribution in [2.45, 2.75) is 92.8 Å². The van der Waals surface area contributed by atoms with Crippen LogP contribution in [0.3, 0.4) is 0 Å². The van der Waals surface area contributed by atoms with Gasteiger partial charge in [-0.1, -0.05) is 32.1 Å². The van der Waals surface area contributed by atoms with Gasteiger partial charge in [0.1, 0.15) is 29.9 Å². The maximum Gasteiger partial charge on any atom is 0.237 e. The van der Waals surface area contributed by atoms with Gasteiger partial charge in [-0.25, -0.2) is 0 Å². The number of rotatable bonds is 9. The molecule has 3 aliphatic rings. The number of nitrogens with one attached hydrogen (secondary N) is 2. The van der Waals surface area contributed by atoms with E-state index in [1.165, 1.54) is 37.4 Å². The first-order chi connectivity index (χ1) is 13.8. The second kappa shape index (κ2) is 10.5. The van der Waals surface area contributed by atoms with Gasteiger partial charge in [-0.2, -0.15) is 0 Å². The molecular weight excluding hydrogens is 416 g/mol. The standard InChI is InChI=1S/C20H35ClN2O5S/c1-10(21)13(18-16(25)15(24)17(26)20(28-18)29-2)23-19(27)14-12(9-22-14)8-4-7-11-5-3-6-11/h10-18,20,22,24-26H,3-9H2,1-2H3,(H,23,27). The topological polar surface area (TPSA) is 111 Å². The van der Waals surface area contributed by atoms with Crippen LogP contribution in [0.5, 0.6) is 0 Å². The van der Waals surface area contributed by atoms with E-state index in [4.69, 9.17) is 16.3 Å². The highest BCUT2D eigenvalue weighted by molar-refractivity contribution is 7.99. The van der Waals surface area contributed by atoms with Crippen LogP contribution >= 0.6 is 23.4 Å². The van der Waals surface area contributed by atoms with Crippen LogP contribution in [0.2, 0.25) is 0 Å². The Hall–Kier alpha value is -0.0900. The first kappa shape index (κ1) is 23.6. The summed E-state index contributed by atoms with van der Waals surface area (Å²) in [6.45, 7) is 2.56. The lowest BCUT2D eigenvalue weighted by atomic mass is 9.79. The lowest BCUT2D eigenvalue weighted by molar-refractivity contribution is -0.205. The van der Waals surface area contributed by atoms with E-state index in [9.17, 15) is 20.1 Å². The molecule has 0 bridgehead atoms. The van der Waals surface area contributed by atoms with Crippen molar-refractivity contribution < 1.29 is 24.9 Å². The van der Waals surface area contributed by atoms with Crippen LogP contribution in [0.1, 0.15) is 45.4 Å². The SMILES string of the molecule is CSC1OC(C(NC(=O)C2NCC2CCCC2CCC2)C(C)Cl)C(O)C(O)C1O. The number of hydrogen-bond donors (Lipinski definition) is 5. The number of hydrogen-bond acceptors (Lipinski definition) is 7. The van der Waals surface area contributed by atoms with Crippen LogP contribution in [0.15, 0.2) is 0 Å². The molecule has 0 aromatic heterocycles. The van der Waals surface area contributed by atoms with Gasteiger partial charge < -0.3 is 30.7 Å². The van der Waals surface area contributed by atoms with E-state index >= 15 is 0 Å². The van der Waals surface area contributed by atoms with Gasteiger partial charge in [0.25, 0.3) is 0 Å². The normalized spacial score (nSPS) is 39.9. The minimum atomic E-state index is -1.36. The summed E-state index contributed by atoms with van der Waals surface area (Å²) in [6, 6.07) is -0.948. The first-order valence-corrected chi connectivity index (χ1v) is 12.5. The van der Waals surface area contributed by atoms with Gasteiger partial charge in [-0.15, -0.1) is 23.4 Å². The van der Waals surface area contributed by atoms with Crippen molar-refractivity contribution in [1.29, 1.82) is 0 Å². The van der Waals surface area contributed by atoms with Crippen LogP contribution in [-0.2, 0) is 9.53 Å². The van der Waals surface area contributed by atoms with Crippen molar-refractivity contribution >= 4 is 29.3 Å². The Labute approximate surface area is 182 Å². The molecule has 0 spiro atoms. The zero-order chi connectivity index (χ0) is 21.1. The summed E-state index contributed by atoms with van der Waals surface area (Å²) in [5.41, 5.74) is -0.700. The van der Waals surface area contributed by atoms with Crippen molar-refractivity contribution in [3.05, 3.63) is 0 Å². The zero-order valence-electron chi connectivity index (χ0n) is 17.2. The molecule has 3 rings (SSSR count). The molecule has 7 nitrogen and oxygen atoms in total. The average molecular weight is 451 g/mol. The molecule has 0 radical (unpaired) electrons. The Morgan fingerprint density at radius 3 is 2.48 bits per heavy atom. The number of aliphatic hydroxyl groups is 3. The lowest BCUT2D eigenvalue weighted by Crippen LogP contribution is -2.67. The smallest absolute Gasteiger partial charge is 0.237 e. The van der Waals surface area contributed by atoms with Gasteiger partial charge in [-0.3, -0.25) is 4.79 Å². The van der Waals surface area contributed by atoms with Crippen LogP contribution in [0.4, 0.5) is 0 Å². The summed E-state index contributed by atoms with van der Waals surface area (Å²) in [7, 11) is 0. The molecular formula is C20H35ClN2O5S. The summed E-state index contributed by atoms with van der Waals surface area (Å²) in [5, 5.41) is 36.3. The van der Waals surface area contributed by atoms with Gasteiger partial charge in [0.05, 0.1) is 17.5 Å². The van der Waals surface area contributed by atoms with Gasteiger partial charge >= 0.3 is 0 Å². The maximum atomic E-state index is 12.9. The minimum Gasteiger partial charge on any atom is -0.388 e. The molecule has 0 aromatic rings. The zero-order valence-corrected chi connectivity index (χ0v) is 18.7. The first-order valence-electron chi connectivity index (χ1n) is 10.7. The summed E-state index contributed by atoms with van der Waals surface area (Å²) < 4.78 is 5.81. The summed E-state index contributed by atoms with van der Waals surface area (Å²) in [6.07, 6.45) is 4.44. The molecule has 29 heavy (non-hydrogen) atoms. The van der Waals surface area contributed by atoms with E-state index in [1.807, 2.05) is 0 Å². The summed E-state index contributed by atoms with van der Waals surface area (Å²) in [5.74, 6) is 1.04. The molecule has 1 saturated carbocycles. The molecule has 168 valence electrons. The highest BCUT2D eigenvalue weighted by atomic mass is 35.5. The number of alkyl halides is 1. The molecule has 2 heterocycles. The quantitative estimate of drug-likeness (QED) is 0.331. The molecule has 1 aliphatic carbocycles. The molecule has 1 amide bonds. The van der Waals surface area contributed by atoms with E-state index in [1.54, 1.807) is 13.2 Å². The summed E-state index contributed by atoms with van der Waals surface area (Å²) >= 11 is 7.57. The maximum absolute atomic E-state index is 12.9. The van der Waals surface area contributed by atoms with Crippen LogP contribution < -0.4 is 10.6 Å². The second-order valence-corrected chi connectivity index (χ2v) is 10.4. The van der Waals surface area contributed by atoms with E-state index in [0.717, 1.165) is 25.3 Å². The predicted molar refractivity (Wildman–Crippen MR) is 114 cm³/mol. The molecule has 9 unspecified atom stereocenters. The molecule has 9 atom stereocenters. The van der Waals surface area contributed by atoms with Gasteiger partial charge in [-0.05, 0) is 31.4 Å². The van der Waals surface area contributed by atoms with E-state index < -0.39 is 41.3 Å². The number of amides is 1. The molecule has 2 saturated heterocycles. The van der Waals surface area contributed by atoms with Crippen molar-refractivity contribution in [3.8, 4) is 0 Å². The Bertz CT molecular complexity index is 551. The molecule has 5 N–H and O–H groups in total. The number of carbonyl (C=O) groups is 1. The highest BCUT2D eigenvalue weighted by Gasteiger charge is 2.48. The average Bonchev–Trinajstić information content (AvgIpc) is 2.62. The Morgan fingerprint density at radius 1 is 1.24 bits per heavy atom. The molecule has 3 fully saturated rings. The third-order valence-electron chi connectivity index (χ3n) is 6.76. The molecule has 0 aromatic carbocycles. The number of ether oxygens (including phenoxy) is 1. The molecule has 9 heteroatoms. The fraction of sp³-hybridized carbons (Fsp3) is 0.950. The fourth-order valence-electron chi connectivity index (χ4n) is 4.51. The van der Waals surface area contributed by atoms with Gasteiger partial charge in [0, 0.05) is 6.54 Å². The van der Waals surface area contributed by atoms with E-state index in [0.29, 0.717) is 5.92 Å². The van der Waals surface area contributed by atoms with Crippen molar-refractivity contribution in [1.82, 2.24) is 10.6 Å². The molecule has 2 aliphatic heterocycles. The fourth-order valence-corrected chi connectivity index (χ4v) is 5.39. The van der Waals surface area contributed by atoms with Crippen LogP contribution in [0, 0.1) is 11.8 Å². The van der Waals surface area contributed by atoms with Crippen LogP contribution in [0.25, 0.3) is 0 Å². The Kier molecular flexibility index (Phi) is 8.52. The third-order valence-corrected chi connectivity index (χ3v) is 7.89. The van der Waals surface area contributed by atoms with Crippen molar-refractivity contribution in [2.24, 2.45) is 11.8 Å². The summed E-state index contributed by atoms with van der Waals surface area (Å²) in [4.78, 5) is 12.9. The largest absolute Gasteiger partial charge is 0.388 e. The number of aliphatic hydroxyl groups excluding tert-OH is 3. The van der Waals surface area contributed by atoms with Gasteiger partial charge in [0.15, 0.2) is 0 Å². The Morgan fingerprint density at radius 2 is 1.97 bits per heavy atom. The number of thioether (sulfide) groups is 1. The van der Waals surface area contributed by atoms with Gasteiger partial charge in [0.2, 0.25) is 5.91 Å². The monoisotopic (exact) mass is 450 g/mol. The predicted octanol–water partition coefficient (Wildman–Crippen LogP) is 0.827. The number of carbonyl (C=O) groups excluding carboxylic acids is 1. The van der Waals surface area contributed by atoms with Crippen LogP contribution in [-0.4, -0.2) is 81.3 Å². The van der Waals surface area contributed by atoms with Crippen molar-refractivity contribution in [3.63, 3.8) is 0 Å². The van der Waals surface area contributed by atoms with E-state index in [-0.39, 0.29) is 11.9 Å². The Balaban J connectivity index is 1.55. The minimum absolute atomic E-state index is 0.153. The number of halogens is 1. The van der Waals surface area contributed by atoms with Crippen molar-refractivity contribution in [2.75, 3.05) is 12.8 Å². The highest BCUT2D eigenvalue weighted by Crippen LogP contribution is 2.33. The second-order valence-electron chi connectivity index (χ2n) is 8.76.